The minimum atomic E-state index is 0.655. The lowest BCUT2D eigenvalue weighted by molar-refractivity contribution is 0.0705. The first-order chi connectivity index (χ1) is 8.25. The summed E-state index contributed by atoms with van der Waals surface area (Å²) >= 11 is 0. The number of anilines is 2. The van der Waals surface area contributed by atoms with Gasteiger partial charge in [-0.25, -0.2) is 0 Å². The molecule has 0 saturated carbocycles. The number of nitrogens with one attached hydrogen (secondary N) is 1. The summed E-state index contributed by atoms with van der Waals surface area (Å²) in [7, 11) is 1.67. The summed E-state index contributed by atoms with van der Waals surface area (Å²) in [6.45, 7) is 4.97. The number of benzene rings is 1. The molecule has 0 unspecified atom stereocenters. The Morgan fingerprint density at radius 3 is 2.82 bits per heavy atom. The van der Waals surface area contributed by atoms with Gasteiger partial charge in [0.1, 0.15) is 0 Å². The van der Waals surface area contributed by atoms with Crippen LogP contribution in [-0.2, 0) is 9.47 Å². The zero-order valence-electron chi connectivity index (χ0n) is 10.7. The Morgan fingerprint density at radius 1 is 1.24 bits per heavy atom. The number of hydrogen-bond acceptors (Lipinski definition) is 4. The van der Waals surface area contributed by atoms with Crippen molar-refractivity contribution in [3.8, 4) is 0 Å². The Morgan fingerprint density at radius 2 is 2.06 bits per heavy atom. The second-order valence-corrected chi connectivity index (χ2v) is 3.91. The molecular formula is C13H22N2O2. The summed E-state index contributed by atoms with van der Waals surface area (Å²) in [5, 5.41) is 3.35. The Labute approximate surface area is 103 Å². The third kappa shape index (κ3) is 5.06. The highest BCUT2D eigenvalue weighted by Crippen LogP contribution is 2.20. The normalized spacial score (nSPS) is 10.5. The van der Waals surface area contributed by atoms with Crippen LogP contribution in [0.3, 0.4) is 0 Å². The molecule has 0 spiro atoms. The lowest BCUT2D eigenvalue weighted by atomic mass is 10.1. The molecule has 0 aliphatic heterocycles. The molecule has 0 amide bonds. The Balaban J connectivity index is 2.16. The number of methoxy groups -OCH3 is 1. The first-order valence-electron chi connectivity index (χ1n) is 5.91. The molecule has 4 heteroatoms. The second-order valence-electron chi connectivity index (χ2n) is 3.91. The number of hydrogen-bond donors (Lipinski definition) is 2. The van der Waals surface area contributed by atoms with Crippen LogP contribution in [0.2, 0.25) is 0 Å². The molecule has 1 rings (SSSR count). The van der Waals surface area contributed by atoms with Gasteiger partial charge in [0.15, 0.2) is 0 Å². The Kier molecular flexibility index (Phi) is 6.43. The quantitative estimate of drug-likeness (QED) is 0.537. The van der Waals surface area contributed by atoms with Gasteiger partial charge in [-0.15, -0.1) is 0 Å². The summed E-state index contributed by atoms with van der Waals surface area (Å²) < 4.78 is 10.3. The van der Waals surface area contributed by atoms with Crippen molar-refractivity contribution >= 4 is 11.4 Å². The van der Waals surface area contributed by atoms with E-state index in [0.717, 1.165) is 36.5 Å². The van der Waals surface area contributed by atoms with Gasteiger partial charge in [0.05, 0.1) is 13.2 Å². The van der Waals surface area contributed by atoms with Crippen molar-refractivity contribution in [1.82, 2.24) is 0 Å². The van der Waals surface area contributed by atoms with Gasteiger partial charge in [-0.1, -0.05) is 6.07 Å². The molecule has 4 nitrogen and oxygen atoms in total. The fourth-order valence-corrected chi connectivity index (χ4v) is 1.49. The van der Waals surface area contributed by atoms with E-state index in [4.69, 9.17) is 15.2 Å². The maximum absolute atomic E-state index is 5.83. The van der Waals surface area contributed by atoms with Crippen molar-refractivity contribution in [3.63, 3.8) is 0 Å². The standard InChI is InChI=1S/C13H22N2O2/c1-11-12(14)5-3-6-13(11)15-7-4-8-17-10-9-16-2/h3,5-6,15H,4,7-10,14H2,1-2H3. The monoisotopic (exact) mass is 238 g/mol. The van der Waals surface area contributed by atoms with Crippen LogP contribution in [0.4, 0.5) is 11.4 Å². The average Bonchev–Trinajstić information content (AvgIpc) is 2.33. The smallest absolute Gasteiger partial charge is 0.0700 e. The molecule has 17 heavy (non-hydrogen) atoms. The molecule has 0 heterocycles. The van der Waals surface area contributed by atoms with Crippen LogP contribution in [0, 0.1) is 6.92 Å². The molecule has 96 valence electrons. The van der Waals surface area contributed by atoms with Gasteiger partial charge < -0.3 is 20.5 Å². The third-order valence-corrected chi connectivity index (χ3v) is 2.59. The van der Waals surface area contributed by atoms with Gasteiger partial charge in [0.25, 0.3) is 0 Å². The van der Waals surface area contributed by atoms with Crippen LogP contribution in [-0.4, -0.2) is 33.5 Å². The number of ether oxygens (including phenoxy) is 2. The van der Waals surface area contributed by atoms with E-state index in [2.05, 4.69) is 5.32 Å². The molecule has 0 radical (unpaired) electrons. The molecule has 1 aromatic carbocycles. The van der Waals surface area contributed by atoms with E-state index in [9.17, 15) is 0 Å². The van der Waals surface area contributed by atoms with E-state index < -0.39 is 0 Å². The number of rotatable bonds is 8. The molecule has 3 N–H and O–H groups in total. The van der Waals surface area contributed by atoms with Crippen molar-refractivity contribution in [2.75, 3.05) is 44.5 Å². The molecule has 0 atom stereocenters. The Bertz CT molecular complexity index is 329. The predicted octanol–water partition coefficient (Wildman–Crippen LogP) is 2.04. The summed E-state index contributed by atoms with van der Waals surface area (Å²) in [6, 6.07) is 5.91. The minimum absolute atomic E-state index is 0.655. The van der Waals surface area contributed by atoms with Gasteiger partial charge in [0, 0.05) is 31.6 Å². The fourth-order valence-electron chi connectivity index (χ4n) is 1.49. The average molecular weight is 238 g/mol. The van der Waals surface area contributed by atoms with Crippen LogP contribution in [0.15, 0.2) is 18.2 Å². The zero-order chi connectivity index (χ0) is 12.5. The minimum Gasteiger partial charge on any atom is -0.398 e. The van der Waals surface area contributed by atoms with Gasteiger partial charge in [0.2, 0.25) is 0 Å². The maximum Gasteiger partial charge on any atom is 0.0700 e. The van der Waals surface area contributed by atoms with E-state index in [0.29, 0.717) is 13.2 Å². The topological polar surface area (TPSA) is 56.5 Å². The second kappa shape index (κ2) is 7.92. The molecule has 0 aliphatic carbocycles. The summed E-state index contributed by atoms with van der Waals surface area (Å²) in [5.41, 5.74) is 8.86. The number of nitrogens with two attached hydrogens (primary N) is 1. The lowest BCUT2D eigenvalue weighted by Crippen LogP contribution is -2.09. The highest BCUT2D eigenvalue weighted by atomic mass is 16.5. The van der Waals surface area contributed by atoms with Crippen LogP contribution in [0.1, 0.15) is 12.0 Å². The van der Waals surface area contributed by atoms with Crippen LogP contribution >= 0.6 is 0 Å². The van der Waals surface area contributed by atoms with Crippen LogP contribution in [0.25, 0.3) is 0 Å². The first-order valence-corrected chi connectivity index (χ1v) is 5.91. The third-order valence-electron chi connectivity index (χ3n) is 2.59. The molecule has 1 aromatic rings. The van der Waals surface area contributed by atoms with Crippen LogP contribution in [0.5, 0.6) is 0 Å². The van der Waals surface area contributed by atoms with Crippen molar-refractivity contribution in [3.05, 3.63) is 23.8 Å². The van der Waals surface area contributed by atoms with E-state index >= 15 is 0 Å². The summed E-state index contributed by atoms with van der Waals surface area (Å²) in [6.07, 6.45) is 0.970. The van der Waals surface area contributed by atoms with Gasteiger partial charge in [-0.3, -0.25) is 0 Å². The lowest BCUT2D eigenvalue weighted by Gasteiger charge is -2.11. The highest BCUT2D eigenvalue weighted by Gasteiger charge is 1.99. The maximum atomic E-state index is 5.83. The zero-order valence-corrected chi connectivity index (χ0v) is 10.7. The van der Waals surface area contributed by atoms with E-state index in [1.165, 1.54) is 0 Å². The van der Waals surface area contributed by atoms with Crippen LogP contribution < -0.4 is 11.1 Å². The fraction of sp³-hybridized carbons (Fsp3) is 0.538. The van der Waals surface area contributed by atoms with Gasteiger partial charge in [-0.2, -0.15) is 0 Å². The number of nitrogen functional groups attached to an aromatic ring is 1. The van der Waals surface area contributed by atoms with Gasteiger partial charge >= 0.3 is 0 Å². The molecular weight excluding hydrogens is 216 g/mol. The molecule has 0 bridgehead atoms. The van der Waals surface area contributed by atoms with E-state index in [1.807, 2.05) is 25.1 Å². The summed E-state index contributed by atoms with van der Waals surface area (Å²) in [4.78, 5) is 0. The summed E-state index contributed by atoms with van der Waals surface area (Å²) in [5.74, 6) is 0. The van der Waals surface area contributed by atoms with Crippen molar-refractivity contribution in [2.45, 2.75) is 13.3 Å². The van der Waals surface area contributed by atoms with E-state index in [-0.39, 0.29) is 0 Å². The van der Waals surface area contributed by atoms with Crippen molar-refractivity contribution in [1.29, 1.82) is 0 Å². The predicted molar refractivity (Wildman–Crippen MR) is 71.4 cm³/mol. The first kappa shape index (κ1) is 13.8. The van der Waals surface area contributed by atoms with E-state index in [1.54, 1.807) is 7.11 Å². The molecule has 0 aromatic heterocycles. The molecule has 0 fully saturated rings. The molecule has 0 saturated heterocycles. The van der Waals surface area contributed by atoms with Crippen molar-refractivity contribution < 1.29 is 9.47 Å². The van der Waals surface area contributed by atoms with Crippen molar-refractivity contribution in [2.24, 2.45) is 0 Å². The van der Waals surface area contributed by atoms with Gasteiger partial charge in [-0.05, 0) is 31.0 Å². The highest BCUT2D eigenvalue weighted by molar-refractivity contribution is 5.62. The SMILES string of the molecule is COCCOCCCNc1cccc(N)c1C. The molecule has 0 aliphatic rings. The Hall–Kier alpha value is -1.26. The largest absolute Gasteiger partial charge is 0.398 e.